The van der Waals surface area contributed by atoms with Crippen molar-refractivity contribution in [3.63, 3.8) is 0 Å². The molecule has 1 unspecified atom stereocenters. The molecule has 6 nitrogen and oxygen atoms in total. The first kappa shape index (κ1) is 16.8. The fourth-order valence-corrected chi connectivity index (χ4v) is 2.77. The summed E-state index contributed by atoms with van der Waals surface area (Å²) < 4.78 is 10.6. The highest BCUT2D eigenvalue weighted by atomic mass is 16.5. The lowest BCUT2D eigenvalue weighted by Gasteiger charge is -2.19. The van der Waals surface area contributed by atoms with E-state index >= 15 is 0 Å². The third-order valence-electron chi connectivity index (χ3n) is 4.08. The molecule has 1 aliphatic heterocycles. The molecular formula is C19H21N3O3. The van der Waals surface area contributed by atoms with Crippen LogP contribution in [-0.2, 0) is 4.79 Å². The molecule has 2 N–H and O–H groups in total. The molecule has 0 saturated heterocycles. The van der Waals surface area contributed by atoms with E-state index in [0.29, 0.717) is 6.42 Å². The molecule has 1 amide bonds. The quantitative estimate of drug-likeness (QED) is 0.877. The maximum atomic E-state index is 11.4. The minimum absolute atomic E-state index is 0.0403. The third kappa shape index (κ3) is 3.91. The van der Waals surface area contributed by atoms with Gasteiger partial charge in [0.15, 0.2) is 0 Å². The molecule has 0 radical (unpaired) electrons. The molecule has 0 fully saturated rings. The summed E-state index contributed by atoms with van der Waals surface area (Å²) in [5, 5.41) is 7.52. The van der Waals surface area contributed by atoms with Gasteiger partial charge in [0.2, 0.25) is 5.91 Å². The maximum absolute atomic E-state index is 11.4. The molecule has 1 heterocycles. The van der Waals surface area contributed by atoms with Gasteiger partial charge in [-0.1, -0.05) is 19.1 Å². The zero-order chi connectivity index (χ0) is 17.8. The van der Waals surface area contributed by atoms with Crippen molar-refractivity contribution in [3.8, 4) is 11.5 Å². The summed E-state index contributed by atoms with van der Waals surface area (Å²) in [5.74, 6) is 1.51. The molecule has 0 saturated carbocycles. The van der Waals surface area contributed by atoms with Crippen molar-refractivity contribution in [2.45, 2.75) is 13.3 Å². The first-order valence-corrected chi connectivity index (χ1v) is 8.06. The van der Waals surface area contributed by atoms with E-state index in [1.807, 2.05) is 49.4 Å². The number of benzene rings is 2. The maximum Gasteiger partial charge on any atom is 0.240 e. The van der Waals surface area contributed by atoms with E-state index < -0.39 is 0 Å². The van der Waals surface area contributed by atoms with E-state index in [2.05, 4.69) is 15.8 Å². The van der Waals surface area contributed by atoms with Crippen molar-refractivity contribution in [2.24, 2.45) is 11.0 Å². The van der Waals surface area contributed by atoms with Gasteiger partial charge in [-0.05, 0) is 17.7 Å². The van der Waals surface area contributed by atoms with Crippen molar-refractivity contribution < 1.29 is 14.3 Å². The molecule has 1 atom stereocenters. The monoisotopic (exact) mass is 339 g/mol. The molecule has 2 aromatic rings. The van der Waals surface area contributed by atoms with Crippen LogP contribution in [0.4, 0.5) is 11.4 Å². The van der Waals surface area contributed by atoms with Crippen molar-refractivity contribution in [2.75, 3.05) is 19.5 Å². The average Bonchev–Trinajstić information content (AvgIpc) is 2.62. The summed E-state index contributed by atoms with van der Waals surface area (Å²) in [7, 11) is 3.25. The summed E-state index contributed by atoms with van der Waals surface area (Å²) in [6, 6.07) is 13.6. The van der Waals surface area contributed by atoms with Crippen LogP contribution < -0.4 is 20.2 Å². The second kappa shape index (κ2) is 7.25. The first-order chi connectivity index (χ1) is 12.1. The largest absolute Gasteiger partial charge is 0.497 e. The summed E-state index contributed by atoms with van der Waals surface area (Å²) in [5.41, 5.74) is 6.26. The number of methoxy groups -OCH3 is 2. The van der Waals surface area contributed by atoms with Gasteiger partial charge in [0.05, 0.1) is 19.9 Å². The topological polar surface area (TPSA) is 72.0 Å². The number of hydrazone groups is 1. The Kier molecular flexibility index (Phi) is 4.88. The van der Waals surface area contributed by atoms with Crippen molar-refractivity contribution >= 4 is 23.0 Å². The average molecular weight is 339 g/mol. The van der Waals surface area contributed by atoms with Gasteiger partial charge in [0.25, 0.3) is 0 Å². The van der Waals surface area contributed by atoms with Crippen LogP contribution in [0.5, 0.6) is 11.5 Å². The molecule has 130 valence electrons. The predicted octanol–water partition coefficient (Wildman–Crippen LogP) is 3.31. The summed E-state index contributed by atoms with van der Waals surface area (Å²) in [4.78, 5) is 11.4. The molecule has 0 aliphatic carbocycles. The highest BCUT2D eigenvalue weighted by Crippen LogP contribution is 2.28. The van der Waals surface area contributed by atoms with Crippen LogP contribution >= 0.6 is 0 Å². The van der Waals surface area contributed by atoms with Gasteiger partial charge in [-0.15, -0.1) is 0 Å². The van der Waals surface area contributed by atoms with E-state index in [4.69, 9.17) is 9.47 Å². The Morgan fingerprint density at radius 3 is 2.24 bits per heavy atom. The molecule has 3 rings (SSSR count). The molecule has 0 bridgehead atoms. The van der Waals surface area contributed by atoms with Crippen molar-refractivity contribution in [3.05, 3.63) is 48.0 Å². The van der Waals surface area contributed by atoms with Crippen LogP contribution in [0.2, 0.25) is 0 Å². The lowest BCUT2D eigenvalue weighted by molar-refractivity contribution is -0.121. The standard InChI is InChI=1S/C19H21N3O3/c1-12-8-18(23)21-22-19(12)13-4-6-14(7-5-13)20-15-9-16(24-2)11-17(10-15)25-3/h4-7,9-12,20H,8H2,1-3H3,(H,21,23). The highest BCUT2D eigenvalue weighted by Gasteiger charge is 2.21. The number of carbonyl (C=O) groups is 1. The molecule has 1 aliphatic rings. The zero-order valence-corrected chi connectivity index (χ0v) is 14.5. The lowest BCUT2D eigenvalue weighted by atomic mass is 9.94. The van der Waals surface area contributed by atoms with E-state index in [0.717, 1.165) is 34.1 Å². The van der Waals surface area contributed by atoms with Gasteiger partial charge < -0.3 is 14.8 Å². The Morgan fingerprint density at radius 1 is 1.04 bits per heavy atom. The van der Waals surface area contributed by atoms with E-state index in [1.165, 1.54) is 0 Å². The number of ether oxygens (including phenoxy) is 2. The molecule has 0 aromatic heterocycles. The number of anilines is 2. The van der Waals surface area contributed by atoms with Crippen LogP contribution in [0.3, 0.4) is 0 Å². The predicted molar refractivity (Wildman–Crippen MR) is 97.7 cm³/mol. The normalized spacial score (nSPS) is 16.7. The fraction of sp³-hybridized carbons (Fsp3) is 0.263. The number of hydrogen-bond acceptors (Lipinski definition) is 5. The number of nitrogens with zero attached hydrogens (tertiary/aromatic N) is 1. The Labute approximate surface area is 146 Å². The molecule has 2 aromatic carbocycles. The summed E-state index contributed by atoms with van der Waals surface area (Å²) in [6.45, 7) is 2.01. The van der Waals surface area contributed by atoms with Gasteiger partial charge >= 0.3 is 0 Å². The lowest BCUT2D eigenvalue weighted by Crippen LogP contribution is -2.31. The van der Waals surface area contributed by atoms with Crippen LogP contribution in [0.25, 0.3) is 0 Å². The van der Waals surface area contributed by atoms with Crippen LogP contribution in [0.15, 0.2) is 47.6 Å². The van der Waals surface area contributed by atoms with Gasteiger partial charge in [-0.2, -0.15) is 5.10 Å². The number of amides is 1. The highest BCUT2D eigenvalue weighted by molar-refractivity contribution is 6.05. The Bertz CT molecular complexity index is 778. The number of carbonyl (C=O) groups excluding carboxylic acids is 1. The second-order valence-electron chi connectivity index (χ2n) is 5.94. The number of nitrogens with one attached hydrogen (secondary N) is 2. The minimum Gasteiger partial charge on any atom is -0.497 e. The molecule has 6 heteroatoms. The number of rotatable bonds is 5. The van der Waals surface area contributed by atoms with Gasteiger partial charge in [-0.25, -0.2) is 5.43 Å². The van der Waals surface area contributed by atoms with E-state index in [9.17, 15) is 4.79 Å². The molecule has 0 spiro atoms. The van der Waals surface area contributed by atoms with Crippen LogP contribution in [-0.4, -0.2) is 25.8 Å². The summed E-state index contributed by atoms with van der Waals surface area (Å²) in [6.07, 6.45) is 0.461. The SMILES string of the molecule is COc1cc(Nc2ccc(C3=NNC(=O)CC3C)cc2)cc(OC)c1. The zero-order valence-electron chi connectivity index (χ0n) is 14.5. The van der Waals surface area contributed by atoms with Gasteiger partial charge in [-0.3, -0.25) is 4.79 Å². The van der Waals surface area contributed by atoms with Gasteiger partial charge in [0, 0.05) is 41.9 Å². The Balaban J connectivity index is 1.78. The number of hydrogen-bond donors (Lipinski definition) is 2. The smallest absolute Gasteiger partial charge is 0.240 e. The molecular weight excluding hydrogens is 318 g/mol. The fourth-order valence-electron chi connectivity index (χ4n) is 2.77. The van der Waals surface area contributed by atoms with E-state index in [-0.39, 0.29) is 11.8 Å². The van der Waals surface area contributed by atoms with E-state index in [1.54, 1.807) is 14.2 Å². The Hall–Kier alpha value is -3.02. The van der Waals surface area contributed by atoms with Crippen molar-refractivity contribution in [1.82, 2.24) is 5.43 Å². The van der Waals surface area contributed by atoms with Crippen LogP contribution in [0, 0.1) is 5.92 Å². The van der Waals surface area contributed by atoms with Gasteiger partial charge in [0.1, 0.15) is 11.5 Å². The Morgan fingerprint density at radius 2 is 1.68 bits per heavy atom. The second-order valence-corrected chi connectivity index (χ2v) is 5.94. The van der Waals surface area contributed by atoms with Crippen molar-refractivity contribution in [1.29, 1.82) is 0 Å². The third-order valence-corrected chi connectivity index (χ3v) is 4.08. The van der Waals surface area contributed by atoms with Crippen LogP contribution in [0.1, 0.15) is 18.9 Å². The molecule has 25 heavy (non-hydrogen) atoms. The first-order valence-electron chi connectivity index (χ1n) is 8.06. The summed E-state index contributed by atoms with van der Waals surface area (Å²) >= 11 is 0. The minimum atomic E-state index is -0.0403.